The predicted molar refractivity (Wildman–Crippen MR) is 220 cm³/mol. The Balaban J connectivity index is 0.948. The molecule has 2 aliphatic carbocycles. The van der Waals surface area contributed by atoms with Crippen LogP contribution in [0, 0.1) is 23.2 Å². The number of amides is 1. The molecule has 0 aromatic carbocycles. The molecule has 14 nitrogen and oxygen atoms in total. The maximum absolute atomic E-state index is 14.3. The van der Waals surface area contributed by atoms with E-state index >= 15 is 0 Å². The van der Waals surface area contributed by atoms with E-state index in [2.05, 4.69) is 18.5 Å². The third-order valence-electron chi connectivity index (χ3n) is 16.5. The van der Waals surface area contributed by atoms with Crippen LogP contribution in [0.1, 0.15) is 116 Å². The summed E-state index contributed by atoms with van der Waals surface area (Å²) in [5.74, 6) is -1.99. The lowest BCUT2D eigenvalue weighted by atomic mass is 9.61. The average molecular weight is 858 g/mol. The Hall–Kier alpha value is -1.82. The molecule has 4 N–H and O–H groups in total. The molecular weight excluding hydrogens is 787 g/mol. The molecule has 0 aromatic heterocycles. The van der Waals surface area contributed by atoms with E-state index in [0.29, 0.717) is 57.8 Å². The van der Waals surface area contributed by atoms with Gasteiger partial charge in [-0.05, 0) is 81.8 Å². The first-order valence-corrected chi connectivity index (χ1v) is 23.6. The molecule has 342 valence electrons. The number of carbonyl (C=O) groups is 2. The summed E-state index contributed by atoms with van der Waals surface area (Å²) in [6.45, 7) is 8.91. The van der Waals surface area contributed by atoms with Gasteiger partial charge in [0.05, 0.1) is 91.4 Å². The largest absolute Gasteiger partial charge is 0.395 e. The summed E-state index contributed by atoms with van der Waals surface area (Å²) < 4.78 is 52.5. The normalized spacial score (nSPS) is 46.5. The standard InChI is InChI=1S/C47H71NO13/c1-25-6-7-28-8-10-36-26(2)16-30(57-36)12-15-47(53)22-35(51)32-20-34-41(32)60-37-11-9-29(58-44(37)43(34)61-47)17-27(50)18-33-39(21-38(25)56-28)59-40(42(33)55-4)19-31(54-3)23-48-45(52)46(24-49)13-5-14-46/h28-44,49,51,53H,1-2,5-24H2,3-4H3,(H,48,52)/t28-,29-,30+,31+,32+,33+,34-,35-,36+,37+,38-,39+,40-,41?,42-,43-,44+,47+/m1/s1. The number of fused-ring (bicyclic) bond motifs is 7. The van der Waals surface area contributed by atoms with Crippen LogP contribution < -0.4 is 5.32 Å². The zero-order valence-electron chi connectivity index (χ0n) is 36.3. The fraction of sp³-hybridized carbons (Fsp3) is 0.872. The van der Waals surface area contributed by atoms with Gasteiger partial charge in [0.25, 0.3) is 0 Å². The first-order chi connectivity index (χ1) is 29.4. The minimum atomic E-state index is -1.55. The quantitative estimate of drug-likeness (QED) is 0.258. The molecule has 0 radical (unpaired) electrons. The third kappa shape index (κ3) is 8.96. The first kappa shape index (κ1) is 44.4. The van der Waals surface area contributed by atoms with Crippen molar-refractivity contribution in [1.29, 1.82) is 0 Å². The highest BCUT2D eigenvalue weighted by atomic mass is 16.7. The molecule has 0 aromatic rings. The van der Waals surface area contributed by atoms with Crippen LogP contribution in [-0.4, -0.2) is 146 Å². The molecule has 0 spiro atoms. The smallest absolute Gasteiger partial charge is 0.228 e. The number of hydrogen-bond acceptors (Lipinski definition) is 13. The second-order valence-corrected chi connectivity index (χ2v) is 20.3. The van der Waals surface area contributed by atoms with Gasteiger partial charge in [-0.2, -0.15) is 0 Å². The number of nitrogens with one attached hydrogen (secondary N) is 1. The van der Waals surface area contributed by atoms with Crippen molar-refractivity contribution in [2.45, 2.75) is 207 Å². The molecule has 8 saturated heterocycles. The van der Waals surface area contributed by atoms with E-state index in [9.17, 15) is 24.9 Å². The van der Waals surface area contributed by atoms with E-state index in [0.717, 1.165) is 49.7 Å². The van der Waals surface area contributed by atoms with Crippen molar-refractivity contribution in [2.75, 3.05) is 27.4 Å². The highest BCUT2D eigenvalue weighted by molar-refractivity contribution is 5.83. The second-order valence-electron chi connectivity index (χ2n) is 20.3. The third-order valence-corrected chi connectivity index (χ3v) is 16.5. The van der Waals surface area contributed by atoms with E-state index in [4.69, 9.17) is 37.9 Å². The van der Waals surface area contributed by atoms with Crippen LogP contribution in [-0.2, 0) is 47.5 Å². The second kappa shape index (κ2) is 18.2. The molecule has 10 aliphatic rings. The van der Waals surface area contributed by atoms with Gasteiger partial charge in [0, 0.05) is 77.0 Å². The van der Waals surface area contributed by atoms with Crippen LogP contribution in [0.4, 0.5) is 0 Å². The van der Waals surface area contributed by atoms with Crippen molar-refractivity contribution >= 4 is 11.7 Å². The van der Waals surface area contributed by atoms with Crippen molar-refractivity contribution in [2.24, 2.45) is 23.2 Å². The number of aliphatic hydroxyl groups is 3. The molecule has 11 bridgehead atoms. The van der Waals surface area contributed by atoms with Crippen LogP contribution in [0.15, 0.2) is 24.3 Å². The van der Waals surface area contributed by atoms with E-state index < -0.39 is 41.7 Å². The molecule has 2 saturated carbocycles. The fourth-order valence-corrected chi connectivity index (χ4v) is 12.6. The van der Waals surface area contributed by atoms with E-state index in [1.165, 1.54) is 0 Å². The van der Waals surface area contributed by atoms with Gasteiger partial charge in [0.1, 0.15) is 11.9 Å². The predicted octanol–water partition coefficient (Wildman–Crippen LogP) is 3.99. The summed E-state index contributed by atoms with van der Waals surface area (Å²) in [6.07, 6.45) is 6.37. The molecule has 61 heavy (non-hydrogen) atoms. The lowest BCUT2D eigenvalue weighted by Crippen LogP contribution is -2.70. The van der Waals surface area contributed by atoms with Gasteiger partial charge < -0.3 is 58.5 Å². The Labute approximate surface area is 360 Å². The van der Waals surface area contributed by atoms with E-state index in [1.54, 1.807) is 14.2 Å². The summed E-state index contributed by atoms with van der Waals surface area (Å²) >= 11 is 0. The number of ether oxygens (including phenoxy) is 8. The van der Waals surface area contributed by atoms with Crippen LogP contribution in [0.5, 0.6) is 0 Å². The van der Waals surface area contributed by atoms with E-state index in [1.807, 2.05) is 0 Å². The number of aliphatic hydroxyl groups excluding tert-OH is 2. The van der Waals surface area contributed by atoms with Crippen LogP contribution in [0.25, 0.3) is 0 Å². The lowest BCUT2D eigenvalue weighted by molar-refractivity contribution is -0.369. The maximum atomic E-state index is 14.3. The molecular formula is C47H71NO13. The van der Waals surface area contributed by atoms with Gasteiger partial charge in [-0.1, -0.05) is 19.6 Å². The molecule has 18 atom stereocenters. The summed E-state index contributed by atoms with van der Waals surface area (Å²) in [6, 6.07) is 0. The molecule has 10 fully saturated rings. The van der Waals surface area contributed by atoms with Gasteiger partial charge in [-0.15, -0.1) is 0 Å². The molecule has 10 rings (SSSR count). The van der Waals surface area contributed by atoms with Crippen LogP contribution in [0.3, 0.4) is 0 Å². The van der Waals surface area contributed by atoms with Gasteiger partial charge >= 0.3 is 0 Å². The van der Waals surface area contributed by atoms with Gasteiger partial charge in [0.15, 0.2) is 5.79 Å². The molecule has 1 unspecified atom stereocenters. The summed E-state index contributed by atoms with van der Waals surface area (Å²) in [5, 5.41) is 36.4. The Morgan fingerprint density at radius 2 is 1.61 bits per heavy atom. The molecule has 8 aliphatic heterocycles. The first-order valence-electron chi connectivity index (χ1n) is 23.6. The number of ketones is 1. The van der Waals surface area contributed by atoms with Crippen molar-refractivity contribution in [3.63, 3.8) is 0 Å². The minimum Gasteiger partial charge on any atom is -0.395 e. The fourth-order valence-electron chi connectivity index (χ4n) is 12.6. The van der Waals surface area contributed by atoms with E-state index in [-0.39, 0.29) is 117 Å². The molecule has 8 heterocycles. The Morgan fingerprint density at radius 3 is 2.36 bits per heavy atom. The Bertz CT molecular complexity index is 1620. The van der Waals surface area contributed by atoms with Crippen LogP contribution in [0.2, 0.25) is 0 Å². The SMILES string of the molecule is C=C1C[C@@H]2CC[C@@]3(O)C[C@@H](O)[C@@H]4C[C@@H]5C4O[C@H]4CC[C@H](CC(=O)C[C@@H]6[C@@H](OC)[C@@H](C[C@@H](CNC(=O)C7(CO)CCC7)OC)O[C@H]6C[C@H]6O[C@H](CCC6=C)CC[C@@H]1O2)O[C@@H]4[C@@H]5O3. The topological polar surface area (TPSA) is 181 Å². The highest BCUT2D eigenvalue weighted by Crippen LogP contribution is 2.54. The van der Waals surface area contributed by atoms with Crippen molar-refractivity contribution < 1.29 is 62.8 Å². The molecule has 14 heteroatoms. The Morgan fingerprint density at radius 1 is 0.820 bits per heavy atom. The lowest BCUT2D eigenvalue weighted by Gasteiger charge is -2.61. The zero-order chi connectivity index (χ0) is 42.6. The summed E-state index contributed by atoms with van der Waals surface area (Å²) in [5.41, 5.74) is 1.36. The number of carbonyl (C=O) groups excluding carboxylic acids is 2. The van der Waals surface area contributed by atoms with Crippen molar-refractivity contribution in [3.05, 3.63) is 24.3 Å². The summed E-state index contributed by atoms with van der Waals surface area (Å²) in [4.78, 5) is 27.4. The van der Waals surface area contributed by atoms with Crippen LogP contribution >= 0.6 is 0 Å². The average Bonchev–Trinajstić information content (AvgIpc) is 3.72. The van der Waals surface area contributed by atoms with Gasteiger partial charge in [0.2, 0.25) is 5.91 Å². The number of hydrogen-bond donors (Lipinski definition) is 4. The van der Waals surface area contributed by atoms with Crippen molar-refractivity contribution in [1.82, 2.24) is 5.32 Å². The highest BCUT2D eigenvalue weighted by Gasteiger charge is 2.62. The van der Waals surface area contributed by atoms with Gasteiger partial charge in [-0.25, -0.2) is 0 Å². The zero-order valence-corrected chi connectivity index (χ0v) is 36.3. The maximum Gasteiger partial charge on any atom is 0.228 e. The Kier molecular flexibility index (Phi) is 13.3. The number of methoxy groups -OCH3 is 2. The van der Waals surface area contributed by atoms with Gasteiger partial charge in [-0.3, -0.25) is 9.59 Å². The number of Topliss-reactive ketones (excluding diaryl/α,β-unsaturated/α-hetero) is 1. The molecule has 1 amide bonds. The summed E-state index contributed by atoms with van der Waals surface area (Å²) in [7, 11) is 3.28. The minimum absolute atomic E-state index is 0.000782. The monoisotopic (exact) mass is 857 g/mol. The number of rotatable bonds is 8. The van der Waals surface area contributed by atoms with Crippen molar-refractivity contribution in [3.8, 4) is 0 Å².